The molecular weight excluding hydrogens is 469 g/mol. The van der Waals surface area contributed by atoms with E-state index in [1.54, 1.807) is 35.5 Å². The standard InChI is InChI=1S/C27H26FN9/c1-27(29,21-3-5-23(28)6-4-21)22-13-30-25(31-14-22)18-7-9-36(10-8-18)26-24-11-19(16-37(24)34-17-32-26)20-12-33-35(2)15-20/h3-7,11-17H,8-10,29H2,1-2H3/t27-/m0/s1. The Morgan fingerprint density at radius 3 is 2.41 bits per heavy atom. The van der Waals surface area contributed by atoms with Crippen molar-refractivity contribution in [1.82, 2.24) is 34.3 Å². The lowest BCUT2D eigenvalue weighted by atomic mass is 9.87. The second kappa shape index (κ2) is 8.90. The van der Waals surface area contributed by atoms with Gasteiger partial charge in [-0.05, 0) is 42.7 Å². The Balaban J connectivity index is 1.21. The summed E-state index contributed by atoms with van der Waals surface area (Å²) in [7, 11) is 1.90. The van der Waals surface area contributed by atoms with Crippen LogP contribution in [0.15, 0.2) is 73.7 Å². The molecule has 9 nitrogen and oxygen atoms in total. The molecule has 1 aromatic carbocycles. The predicted octanol–water partition coefficient (Wildman–Crippen LogP) is 3.57. The molecule has 0 amide bonds. The summed E-state index contributed by atoms with van der Waals surface area (Å²) >= 11 is 0. The van der Waals surface area contributed by atoms with Gasteiger partial charge in [-0.1, -0.05) is 18.2 Å². The van der Waals surface area contributed by atoms with Crippen LogP contribution < -0.4 is 10.6 Å². The molecule has 0 aliphatic carbocycles. The van der Waals surface area contributed by atoms with Crippen molar-refractivity contribution < 1.29 is 4.39 Å². The Hall–Kier alpha value is -4.44. The van der Waals surface area contributed by atoms with Gasteiger partial charge in [0.2, 0.25) is 0 Å². The molecule has 1 atom stereocenters. The molecule has 1 aliphatic rings. The normalized spacial score (nSPS) is 15.6. The van der Waals surface area contributed by atoms with Crippen LogP contribution in [0.25, 0.3) is 22.2 Å². The van der Waals surface area contributed by atoms with Gasteiger partial charge in [0.1, 0.15) is 17.7 Å². The highest BCUT2D eigenvalue weighted by Crippen LogP contribution is 2.30. The largest absolute Gasteiger partial charge is 0.351 e. The number of benzene rings is 1. The number of fused-ring (bicyclic) bond motifs is 1. The van der Waals surface area contributed by atoms with Crippen LogP contribution in [0.1, 0.15) is 30.3 Å². The number of hydrogen-bond donors (Lipinski definition) is 1. The second-order valence-corrected chi connectivity index (χ2v) is 9.47. The molecule has 6 rings (SSSR count). The Morgan fingerprint density at radius 1 is 0.946 bits per heavy atom. The van der Waals surface area contributed by atoms with E-state index < -0.39 is 5.54 Å². The van der Waals surface area contributed by atoms with Crippen molar-refractivity contribution in [3.63, 3.8) is 0 Å². The maximum atomic E-state index is 13.3. The quantitative estimate of drug-likeness (QED) is 0.398. The van der Waals surface area contributed by atoms with E-state index in [2.05, 4.69) is 42.2 Å². The topological polar surface area (TPSA) is 103 Å². The van der Waals surface area contributed by atoms with E-state index >= 15 is 0 Å². The van der Waals surface area contributed by atoms with Crippen LogP contribution in [-0.2, 0) is 12.6 Å². The lowest BCUT2D eigenvalue weighted by Gasteiger charge is -2.28. The van der Waals surface area contributed by atoms with Crippen molar-refractivity contribution in [1.29, 1.82) is 0 Å². The van der Waals surface area contributed by atoms with Crippen LogP contribution in [0.2, 0.25) is 0 Å². The number of nitrogens with two attached hydrogens (primary N) is 1. The molecule has 0 saturated carbocycles. The molecule has 2 N–H and O–H groups in total. The van der Waals surface area contributed by atoms with E-state index in [0.29, 0.717) is 12.4 Å². The van der Waals surface area contributed by atoms with E-state index in [0.717, 1.165) is 52.1 Å². The number of aromatic nitrogens is 7. The van der Waals surface area contributed by atoms with Crippen LogP contribution in [0.3, 0.4) is 0 Å². The van der Waals surface area contributed by atoms with Gasteiger partial charge in [0.15, 0.2) is 11.6 Å². The van der Waals surface area contributed by atoms with Gasteiger partial charge >= 0.3 is 0 Å². The molecule has 37 heavy (non-hydrogen) atoms. The third-order valence-electron chi connectivity index (χ3n) is 6.92. The Kier molecular flexibility index (Phi) is 5.53. The van der Waals surface area contributed by atoms with Crippen LogP contribution in [0.5, 0.6) is 0 Å². The van der Waals surface area contributed by atoms with Crippen molar-refractivity contribution >= 4 is 16.9 Å². The molecule has 5 heterocycles. The highest BCUT2D eigenvalue weighted by atomic mass is 19.1. The van der Waals surface area contributed by atoms with Crippen LogP contribution in [-0.4, -0.2) is 47.4 Å². The molecule has 10 heteroatoms. The average molecular weight is 496 g/mol. The average Bonchev–Trinajstić information content (AvgIpc) is 3.55. The van der Waals surface area contributed by atoms with E-state index in [1.807, 2.05) is 37.1 Å². The minimum Gasteiger partial charge on any atom is -0.351 e. The molecular formula is C27H26FN9. The number of anilines is 1. The zero-order valence-corrected chi connectivity index (χ0v) is 20.6. The van der Waals surface area contributed by atoms with Crippen LogP contribution >= 0.6 is 0 Å². The van der Waals surface area contributed by atoms with Gasteiger partial charge in [-0.3, -0.25) is 4.68 Å². The maximum Gasteiger partial charge on any atom is 0.156 e. The summed E-state index contributed by atoms with van der Waals surface area (Å²) in [5, 5.41) is 8.66. The molecule has 0 unspecified atom stereocenters. The zero-order chi connectivity index (χ0) is 25.6. The van der Waals surface area contributed by atoms with Gasteiger partial charge in [-0.15, -0.1) is 0 Å². The van der Waals surface area contributed by atoms with Gasteiger partial charge in [-0.25, -0.2) is 23.9 Å². The van der Waals surface area contributed by atoms with Gasteiger partial charge < -0.3 is 10.6 Å². The smallest absolute Gasteiger partial charge is 0.156 e. The third-order valence-corrected chi connectivity index (χ3v) is 6.92. The van der Waals surface area contributed by atoms with Gasteiger partial charge in [-0.2, -0.15) is 10.2 Å². The van der Waals surface area contributed by atoms with E-state index in [4.69, 9.17) is 5.73 Å². The van der Waals surface area contributed by atoms with Crippen LogP contribution in [0, 0.1) is 5.82 Å². The lowest BCUT2D eigenvalue weighted by Crippen LogP contribution is -2.34. The first-order valence-electron chi connectivity index (χ1n) is 12.0. The monoisotopic (exact) mass is 495 g/mol. The molecule has 1 aliphatic heterocycles. The summed E-state index contributed by atoms with van der Waals surface area (Å²) in [5.74, 6) is 1.28. The fraction of sp³-hybridized carbons (Fsp3) is 0.222. The van der Waals surface area contributed by atoms with E-state index in [-0.39, 0.29) is 5.82 Å². The molecule has 0 bridgehead atoms. The molecule has 0 spiro atoms. The van der Waals surface area contributed by atoms with Crippen molar-refractivity contribution in [3.8, 4) is 11.1 Å². The maximum absolute atomic E-state index is 13.3. The first kappa shape index (κ1) is 23.0. The van der Waals surface area contributed by atoms with Crippen molar-refractivity contribution in [3.05, 3.63) is 96.5 Å². The summed E-state index contributed by atoms with van der Waals surface area (Å²) in [6, 6.07) is 8.30. The number of hydrogen-bond acceptors (Lipinski definition) is 7. The van der Waals surface area contributed by atoms with Crippen molar-refractivity contribution in [2.75, 3.05) is 18.0 Å². The van der Waals surface area contributed by atoms with Crippen molar-refractivity contribution in [2.24, 2.45) is 12.8 Å². The molecule has 0 saturated heterocycles. The molecule has 186 valence electrons. The second-order valence-electron chi connectivity index (χ2n) is 9.47. The number of rotatable bonds is 5. The van der Waals surface area contributed by atoms with Gasteiger partial charge in [0, 0.05) is 61.6 Å². The first-order chi connectivity index (χ1) is 17.9. The number of aryl methyl sites for hydroxylation is 1. The van der Waals surface area contributed by atoms with E-state index in [1.165, 1.54) is 12.1 Å². The predicted molar refractivity (Wildman–Crippen MR) is 139 cm³/mol. The summed E-state index contributed by atoms with van der Waals surface area (Å²) in [5.41, 5.74) is 11.4. The van der Waals surface area contributed by atoms with Gasteiger partial charge in [0.05, 0.1) is 11.7 Å². The van der Waals surface area contributed by atoms with Gasteiger partial charge in [0.25, 0.3) is 0 Å². The summed E-state index contributed by atoms with van der Waals surface area (Å²) in [4.78, 5) is 16.0. The lowest BCUT2D eigenvalue weighted by molar-refractivity contribution is 0.588. The highest BCUT2D eigenvalue weighted by Gasteiger charge is 2.25. The summed E-state index contributed by atoms with van der Waals surface area (Å²) in [6.07, 6.45) is 13.8. The minimum atomic E-state index is -0.825. The third kappa shape index (κ3) is 4.25. The zero-order valence-electron chi connectivity index (χ0n) is 20.6. The number of nitrogens with zero attached hydrogens (tertiary/aromatic N) is 8. The Labute approximate surface area is 213 Å². The SMILES string of the molecule is Cn1cc(-c2cc3c(N4CC=C(c5ncc([C@@](C)(N)c6ccc(F)cc6)cn5)CC4)ncnn3c2)cn1. The number of halogens is 1. The van der Waals surface area contributed by atoms with E-state index in [9.17, 15) is 4.39 Å². The summed E-state index contributed by atoms with van der Waals surface area (Å²) < 4.78 is 17.0. The van der Waals surface area contributed by atoms with Crippen LogP contribution in [0.4, 0.5) is 10.2 Å². The Bertz CT molecular complexity index is 1600. The minimum absolute atomic E-state index is 0.293. The first-order valence-corrected chi connectivity index (χ1v) is 12.0. The fourth-order valence-corrected chi connectivity index (χ4v) is 4.68. The fourth-order valence-electron chi connectivity index (χ4n) is 4.68. The molecule has 0 fully saturated rings. The molecule has 0 radical (unpaired) electrons. The molecule has 4 aromatic heterocycles. The van der Waals surface area contributed by atoms with Crippen molar-refractivity contribution in [2.45, 2.75) is 18.9 Å². The highest BCUT2D eigenvalue weighted by molar-refractivity contribution is 5.78. The summed E-state index contributed by atoms with van der Waals surface area (Å²) in [6.45, 7) is 3.34. The molecule has 5 aromatic rings. The Morgan fingerprint density at radius 2 is 1.73 bits per heavy atom.